The van der Waals surface area contributed by atoms with E-state index >= 15 is 0 Å². The number of rotatable bonds is 3. The lowest BCUT2D eigenvalue weighted by Crippen LogP contribution is -1.94. The summed E-state index contributed by atoms with van der Waals surface area (Å²) < 4.78 is 2.23. The normalized spacial score (nSPS) is 11.6. The van der Waals surface area contributed by atoms with Gasteiger partial charge < -0.3 is 0 Å². The minimum Gasteiger partial charge on any atom is -0.294 e. The van der Waals surface area contributed by atoms with Crippen LogP contribution in [0, 0.1) is 0 Å². The van der Waals surface area contributed by atoms with E-state index in [0.29, 0.717) is 0 Å². The van der Waals surface area contributed by atoms with Crippen LogP contribution in [0.1, 0.15) is 0 Å². The molecule has 39 heavy (non-hydrogen) atoms. The zero-order valence-corrected chi connectivity index (χ0v) is 21.1. The second kappa shape index (κ2) is 8.64. The second-order valence-electron chi connectivity index (χ2n) is 9.90. The van der Waals surface area contributed by atoms with Gasteiger partial charge in [-0.2, -0.15) is 0 Å². The van der Waals surface area contributed by atoms with E-state index in [0.717, 1.165) is 39.1 Å². The third-order valence-electron chi connectivity index (χ3n) is 7.68. The predicted molar refractivity (Wildman–Crippen MR) is 162 cm³/mol. The van der Waals surface area contributed by atoms with Gasteiger partial charge in [0.2, 0.25) is 0 Å². The van der Waals surface area contributed by atoms with Crippen LogP contribution >= 0.6 is 0 Å². The zero-order valence-electron chi connectivity index (χ0n) is 21.1. The summed E-state index contributed by atoms with van der Waals surface area (Å²) >= 11 is 0. The standard InChI is InChI=1S/C36H23N3/c1-2-10-27(11-3-1)39-35-19-17-25(22-33(35)31-15-8-20-37-36(31)39)34-18-16-26(23-38-34)32-21-24-9-4-5-12-28(24)29-13-6-7-14-30(29)32/h1-23H. The van der Waals surface area contributed by atoms with Crippen LogP contribution in [-0.2, 0) is 0 Å². The maximum absolute atomic E-state index is 4.94. The van der Waals surface area contributed by atoms with E-state index in [1.54, 1.807) is 0 Å². The van der Waals surface area contributed by atoms with Crippen LogP contribution in [0.15, 0.2) is 140 Å². The van der Waals surface area contributed by atoms with Crippen molar-refractivity contribution >= 4 is 43.5 Å². The summed E-state index contributed by atoms with van der Waals surface area (Å²) in [5, 5.41) is 7.34. The van der Waals surface area contributed by atoms with Crippen molar-refractivity contribution in [1.29, 1.82) is 0 Å². The molecule has 5 aromatic carbocycles. The van der Waals surface area contributed by atoms with Gasteiger partial charge in [-0.1, -0.05) is 78.9 Å². The molecule has 0 bridgehead atoms. The smallest absolute Gasteiger partial charge is 0.145 e. The van der Waals surface area contributed by atoms with Crippen molar-refractivity contribution in [2.75, 3.05) is 0 Å². The van der Waals surface area contributed by atoms with E-state index in [1.807, 2.05) is 24.5 Å². The average molecular weight is 498 g/mol. The summed E-state index contributed by atoms with van der Waals surface area (Å²) in [5.74, 6) is 0. The highest BCUT2D eigenvalue weighted by atomic mass is 15.0. The molecular weight excluding hydrogens is 474 g/mol. The van der Waals surface area contributed by atoms with Gasteiger partial charge in [0.1, 0.15) is 5.65 Å². The Morgan fingerprint density at radius 1 is 0.487 bits per heavy atom. The van der Waals surface area contributed by atoms with Crippen molar-refractivity contribution in [3.8, 4) is 28.1 Å². The van der Waals surface area contributed by atoms with Crippen LogP contribution in [0.3, 0.4) is 0 Å². The Morgan fingerprint density at radius 3 is 2.08 bits per heavy atom. The first-order valence-electron chi connectivity index (χ1n) is 13.2. The molecule has 0 saturated carbocycles. The first kappa shape index (κ1) is 21.8. The van der Waals surface area contributed by atoms with Crippen LogP contribution < -0.4 is 0 Å². The van der Waals surface area contributed by atoms with Crippen molar-refractivity contribution in [2.24, 2.45) is 0 Å². The van der Waals surface area contributed by atoms with Gasteiger partial charge in [-0.25, -0.2) is 4.98 Å². The van der Waals surface area contributed by atoms with Crippen LogP contribution in [0.4, 0.5) is 0 Å². The fourth-order valence-corrected chi connectivity index (χ4v) is 5.86. The molecule has 0 aliphatic heterocycles. The van der Waals surface area contributed by atoms with E-state index < -0.39 is 0 Å². The minimum absolute atomic E-state index is 0.954. The predicted octanol–water partition coefficient (Wildman–Crippen LogP) is 9.21. The SMILES string of the molecule is c1ccc(-n2c3ccc(-c4ccc(-c5cc6ccccc6c6ccccc56)cn4)cc3c3cccnc32)cc1. The number of aromatic nitrogens is 3. The van der Waals surface area contributed by atoms with Crippen LogP contribution in [0.25, 0.3) is 71.6 Å². The molecule has 0 fully saturated rings. The maximum atomic E-state index is 4.94. The molecule has 8 aromatic rings. The molecule has 0 radical (unpaired) electrons. The maximum Gasteiger partial charge on any atom is 0.145 e. The monoisotopic (exact) mass is 497 g/mol. The second-order valence-corrected chi connectivity index (χ2v) is 9.90. The summed E-state index contributed by atoms with van der Waals surface area (Å²) in [5.41, 5.74) is 7.57. The molecule has 3 heteroatoms. The Kier molecular flexibility index (Phi) is 4.82. The number of benzene rings is 5. The van der Waals surface area contributed by atoms with Crippen molar-refractivity contribution in [3.05, 3.63) is 140 Å². The highest BCUT2D eigenvalue weighted by Crippen LogP contribution is 2.36. The van der Waals surface area contributed by atoms with Gasteiger partial charge in [0.05, 0.1) is 11.2 Å². The van der Waals surface area contributed by atoms with Gasteiger partial charge in [-0.3, -0.25) is 9.55 Å². The quantitative estimate of drug-likeness (QED) is 0.228. The van der Waals surface area contributed by atoms with Crippen molar-refractivity contribution in [3.63, 3.8) is 0 Å². The molecule has 8 rings (SSSR count). The molecular formula is C36H23N3. The van der Waals surface area contributed by atoms with Gasteiger partial charge in [0.15, 0.2) is 0 Å². The Bertz CT molecular complexity index is 2160. The lowest BCUT2D eigenvalue weighted by Gasteiger charge is -2.11. The summed E-state index contributed by atoms with van der Waals surface area (Å²) in [6, 6.07) is 45.0. The zero-order chi connectivity index (χ0) is 25.8. The molecule has 3 nitrogen and oxygen atoms in total. The van der Waals surface area contributed by atoms with Crippen molar-refractivity contribution < 1.29 is 0 Å². The Balaban J connectivity index is 1.26. The highest BCUT2D eigenvalue weighted by molar-refractivity contribution is 6.14. The third kappa shape index (κ3) is 3.44. The van der Waals surface area contributed by atoms with E-state index in [-0.39, 0.29) is 0 Å². The highest BCUT2D eigenvalue weighted by Gasteiger charge is 2.15. The Morgan fingerprint density at radius 2 is 1.23 bits per heavy atom. The van der Waals surface area contributed by atoms with E-state index in [1.165, 1.54) is 32.5 Å². The van der Waals surface area contributed by atoms with E-state index in [2.05, 4.69) is 120 Å². The molecule has 0 spiro atoms. The number of hydrogen-bond donors (Lipinski definition) is 0. The van der Waals surface area contributed by atoms with Gasteiger partial charge in [0, 0.05) is 40.0 Å². The van der Waals surface area contributed by atoms with Crippen molar-refractivity contribution in [2.45, 2.75) is 0 Å². The molecule has 182 valence electrons. The molecule has 3 aromatic heterocycles. The molecule has 0 aliphatic rings. The lowest BCUT2D eigenvalue weighted by molar-refractivity contribution is 1.14. The first-order valence-corrected chi connectivity index (χ1v) is 13.2. The fraction of sp³-hybridized carbons (Fsp3) is 0. The third-order valence-corrected chi connectivity index (χ3v) is 7.68. The molecule has 3 heterocycles. The molecule has 0 amide bonds. The minimum atomic E-state index is 0.954. The van der Waals surface area contributed by atoms with Gasteiger partial charge >= 0.3 is 0 Å². The number of hydrogen-bond acceptors (Lipinski definition) is 2. The average Bonchev–Trinajstić information content (AvgIpc) is 3.35. The first-order chi connectivity index (χ1) is 19.3. The molecule has 0 N–H and O–H groups in total. The Labute approximate surface area is 225 Å². The number of para-hydroxylation sites is 1. The van der Waals surface area contributed by atoms with Gasteiger partial charge in [0.25, 0.3) is 0 Å². The summed E-state index contributed by atoms with van der Waals surface area (Å²) in [7, 11) is 0. The van der Waals surface area contributed by atoms with E-state index in [9.17, 15) is 0 Å². The molecule has 0 unspecified atom stereocenters. The van der Waals surface area contributed by atoms with Crippen LogP contribution in [-0.4, -0.2) is 14.5 Å². The van der Waals surface area contributed by atoms with Crippen LogP contribution in [0.2, 0.25) is 0 Å². The summed E-state index contributed by atoms with van der Waals surface area (Å²) in [6.07, 6.45) is 3.86. The Hall–Kier alpha value is -5.28. The van der Waals surface area contributed by atoms with Gasteiger partial charge in [-0.05, 0) is 75.6 Å². The van der Waals surface area contributed by atoms with Gasteiger partial charge in [-0.15, -0.1) is 0 Å². The molecule has 0 aliphatic carbocycles. The van der Waals surface area contributed by atoms with Crippen LogP contribution in [0.5, 0.6) is 0 Å². The number of fused-ring (bicyclic) bond motifs is 6. The summed E-state index contributed by atoms with van der Waals surface area (Å²) in [4.78, 5) is 9.68. The van der Waals surface area contributed by atoms with E-state index in [4.69, 9.17) is 9.97 Å². The molecule has 0 atom stereocenters. The molecule has 0 saturated heterocycles. The summed E-state index contributed by atoms with van der Waals surface area (Å²) in [6.45, 7) is 0. The van der Waals surface area contributed by atoms with Crippen molar-refractivity contribution in [1.82, 2.24) is 14.5 Å². The number of pyridine rings is 2. The largest absolute Gasteiger partial charge is 0.294 e. The fourth-order valence-electron chi connectivity index (χ4n) is 5.86. The topological polar surface area (TPSA) is 30.7 Å². The number of nitrogens with zero attached hydrogens (tertiary/aromatic N) is 3. The lowest BCUT2D eigenvalue weighted by atomic mass is 9.94.